The Balaban J connectivity index is 0.000000154. The number of hydrogen-bond acceptors (Lipinski definition) is 25. The van der Waals surface area contributed by atoms with Crippen LogP contribution in [0.15, 0.2) is 152 Å². The lowest BCUT2D eigenvalue weighted by atomic mass is 10.1. The Morgan fingerprint density at radius 1 is 0.370 bits per heavy atom. The number of methoxy groups -OCH3 is 4. The molecule has 1 atom stereocenters. The molecule has 8 heterocycles. The van der Waals surface area contributed by atoms with E-state index in [1.54, 1.807) is 91.9 Å². The number of nitrogen functional groups attached to an aromatic ring is 4. The van der Waals surface area contributed by atoms with Crippen molar-refractivity contribution in [3.05, 3.63) is 225 Å². The van der Waals surface area contributed by atoms with Gasteiger partial charge in [0.15, 0.2) is 23.3 Å². The van der Waals surface area contributed by atoms with Crippen LogP contribution in [0.1, 0.15) is 214 Å². The zero-order valence-electron chi connectivity index (χ0n) is 73.5. The minimum Gasteiger partial charge on any atom is -0.478 e. The fraction of sp³-hybridized carbons (Fsp3) is 0.330. The standard InChI is InChI=1S/C26H28N4O4.C25H26N4O4.C24H27N5O2.C22H28N4O3/c1-4-5-11-21-29-22-23(19-13-12-18(25(31)33-3)14-20(19)28-24(22)27)30(21)15-16(2)34-26(32)17-9-7-6-8-10-17;1-3-4-5-20-28-21-22(29(20)13-12-15-6-8-16(9-7-15)24(30)31)18-11-10-17(25(32)33-2)14-19(18)27-23(21)26;1-3-4-5-20-28-21-22(29(20)14-16-8-6-15(13-25)7-9-16)18-11-10-17(24(30)31-2)12-19(18)27-23(21)26;1-4-5-9-18-25-19-20(26(18)12-7-6-8-14(2)27)16-11-10-15(22(28)29-3)13-17(16)24-21(19)23/h6-10,12-14,16H,4-5,11,15H2,1-3H3,(H2,27,28);6-11,14H,3-5,12-13H2,1-2H3,(H2,26,27)(H,30,31);6-12H,3-5,13-14,25H2,1-2H3,(H2,26,27);10-11,13H,4-9,12H2,1-3H3,(H2,23,24). The summed E-state index contributed by atoms with van der Waals surface area (Å²) in [6.45, 7) is 15.1. The van der Waals surface area contributed by atoms with Gasteiger partial charge in [-0.25, -0.2) is 68.6 Å². The number of aryl methyl sites for hydroxylation is 7. The molecule has 11 N–H and O–H groups in total. The summed E-state index contributed by atoms with van der Waals surface area (Å²) in [7, 11) is 5.40. The zero-order chi connectivity index (χ0) is 90.7. The summed E-state index contributed by atoms with van der Waals surface area (Å²) < 4.78 is 33.7. The summed E-state index contributed by atoms with van der Waals surface area (Å²) in [5.41, 5.74) is 45.3. The fourth-order valence-electron chi connectivity index (χ4n) is 15.5. The Kier molecular flexibility index (Phi) is 30.7. The molecule has 0 amide bonds. The van der Waals surface area contributed by atoms with Crippen molar-refractivity contribution in [2.45, 2.75) is 183 Å². The van der Waals surface area contributed by atoms with Crippen LogP contribution in [-0.2, 0) is 93.3 Å². The van der Waals surface area contributed by atoms with E-state index in [0.717, 1.165) is 180 Å². The molecule has 0 aliphatic rings. The van der Waals surface area contributed by atoms with E-state index in [0.29, 0.717) is 128 Å². The van der Waals surface area contributed by atoms with Gasteiger partial charge in [-0.3, -0.25) is 0 Å². The number of unbranched alkanes of at least 4 members (excludes halogenated alkanes) is 5. The number of anilines is 4. The molecule has 0 radical (unpaired) electrons. The number of aromatic nitrogens is 12. The van der Waals surface area contributed by atoms with Crippen molar-refractivity contribution in [1.29, 1.82) is 0 Å². The predicted molar refractivity (Wildman–Crippen MR) is 494 cm³/mol. The Hall–Kier alpha value is -14.3. The smallest absolute Gasteiger partial charge is 0.338 e. The van der Waals surface area contributed by atoms with Crippen molar-refractivity contribution in [3.8, 4) is 0 Å². The number of rotatable bonds is 32. The molecule has 0 spiro atoms. The third-order valence-corrected chi connectivity index (χ3v) is 22.2. The number of pyridine rings is 4. The van der Waals surface area contributed by atoms with Crippen LogP contribution in [-0.4, -0.2) is 139 Å². The van der Waals surface area contributed by atoms with Crippen LogP contribution in [0.25, 0.3) is 87.7 Å². The monoisotopic (exact) mass is 1720 g/mol. The van der Waals surface area contributed by atoms with Gasteiger partial charge in [0.1, 0.15) is 57.3 Å². The first kappa shape index (κ1) is 91.9. The van der Waals surface area contributed by atoms with Crippen LogP contribution >= 0.6 is 0 Å². The number of nitrogens with two attached hydrogens (primary N) is 5. The first-order chi connectivity index (χ1) is 61.4. The van der Waals surface area contributed by atoms with Crippen LogP contribution in [0.3, 0.4) is 0 Å². The van der Waals surface area contributed by atoms with E-state index in [2.05, 4.69) is 90.2 Å². The first-order valence-electron chi connectivity index (χ1n) is 42.9. The molecule has 8 aromatic heterocycles. The highest BCUT2D eigenvalue weighted by Crippen LogP contribution is 2.37. The average molecular weight is 1720 g/mol. The highest BCUT2D eigenvalue weighted by atomic mass is 16.5. The van der Waals surface area contributed by atoms with Crippen molar-refractivity contribution in [3.63, 3.8) is 0 Å². The number of ether oxygens (including phenoxy) is 5. The summed E-state index contributed by atoms with van der Waals surface area (Å²) in [6.07, 6.45) is 14.1. The van der Waals surface area contributed by atoms with Crippen molar-refractivity contribution >= 4 is 153 Å². The van der Waals surface area contributed by atoms with Crippen LogP contribution < -0.4 is 28.7 Å². The van der Waals surface area contributed by atoms with Gasteiger partial charge in [-0.05, 0) is 173 Å². The third kappa shape index (κ3) is 21.2. The number of nitrogens with zero attached hydrogens (tertiary/aromatic N) is 12. The molecule has 15 aromatic rings. The van der Waals surface area contributed by atoms with E-state index in [1.165, 1.54) is 28.4 Å². The van der Waals surface area contributed by atoms with E-state index in [-0.39, 0.29) is 23.1 Å². The summed E-state index contributed by atoms with van der Waals surface area (Å²) >= 11 is 0. The second-order valence-electron chi connectivity index (χ2n) is 31.2. The Bertz CT molecular complexity index is 6560. The summed E-state index contributed by atoms with van der Waals surface area (Å²) in [5.74, 6) is 2.30. The number of carbonyl (C=O) groups excluding carboxylic acids is 6. The van der Waals surface area contributed by atoms with Gasteiger partial charge in [0.25, 0.3) is 0 Å². The van der Waals surface area contributed by atoms with Crippen LogP contribution in [0.5, 0.6) is 0 Å². The van der Waals surface area contributed by atoms with Crippen molar-refractivity contribution < 1.29 is 62.4 Å². The minimum absolute atomic E-state index is 0.209. The normalized spacial score (nSPS) is 11.5. The number of carboxylic acids is 1. The van der Waals surface area contributed by atoms with Gasteiger partial charge >= 0.3 is 35.8 Å². The highest BCUT2D eigenvalue weighted by molar-refractivity contribution is 6.12. The summed E-state index contributed by atoms with van der Waals surface area (Å²) in [4.78, 5) is 120. The molecular formula is C97H109N17O13. The van der Waals surface area contributed by atoms with Crippen LogP contribution in [0.2, 0.25) is 0 Å². The van der Waals surface area contributed by atoms with Crippen molar-refractivity contribution in [2.75, 3.05) is 51.4 Å². The number of carbonyl (C=O) groups is 7. The van der Waals surface area contributed by atoms with E-state index in [1.807, 2.05) is 49.4 Å². The van der Waals surface area contributed by atoms with E-state index in [4.69, 9.17) is 77.4 Å². The molecule has 0 aliphatic carbocycles. The van der Waals surface area contributed by atoms with Crippen LogP contribution in [0, 0.1) is 0 Å². The quantitative estimate of drug-likeness (QED) is 0.0130. The molecule has 0 saturated carbocycles. The SMILES string of the molecule is CCCCc1nc2c(N)nc3cc(C(=O)OC)ccc3c2n1CC(C)OC(=O)c1ccccc1.CCCCc1nc2c(N)nc3cc(C(=O)OC)ccc3c2n1CCCCC(C)=O.CCCCc1nc2c(N)nc3cc(C(=O)OC)ccc3c2n1CCc1ccc(C(=O)O)cc1.CCCCc1nc2c(N)nc3cc(C(=O)OC)ccc3c2n1Cc1ccc(CN)cc1. The molecule has 30 nitrogen and oxygen atoms in total. The topological polar surface area (TPSA) is 439 Å². The molecule has 1 unspecified atom stereocenters. The lowest BCUT2D eigenvalue weighted by Gasteiger charge is -2.17. The maximum atomic E-state index is 12.6. The second-order valence-corrected chi connectivity index (χ2v) is 31.2. The molecular weight excluding hydrogens is 1610 g/mol. The predicted octanol–water partition coefficient (Wildman–Crippen LogP) is 16.6. The molecule has 0 saturated heterocycles. The minimum atomic E-state index is -0.940. The van der Waals surface area contributed by atoms with Gasteiger partial charge in [-0.15, -0.1) is 0 Å². The van der Waals surface area contributed by atoms with Crippen molar-refractivity contribution in [1.82, 2.24) is 58.1 Å². The molecule has 127 heavy (non-hydrogen) atoms. The highest BCUT2D eigenvalue weighted by Gasteiger charge is 2.26. The van der Waals surface area contributed by atoms with Gasteiger partial charge in [-0.1, -0.05) is 108 Å². The number of fused-ring (bicyclic) bond motifs is 12. The van der Waals surface area contributed by atoms with Gasteiger partial charge < -0.3 is 80.5 Å². The molecule has 30 heteroatoms. The fourth-order valence-corrected chi connectivity index (χ4v) is 15.5. The van der Waals surface area contributed by atoms with Crippen LogP contribution in [0.4, 0.5) is 23.3 Å². The van der Waals surface area contributed by atoms with Gasteiger partial charge in [0.05, 0.1) is 112 Å². The lowest BCUT2D eigenvalue weighted by Crippen LogP contribution is -2.22. The Labute approximate surface area is 734 Å². The van der Waals surface area contributed by atoms with Gasteiger partial charge in [0, 0.05) is 79.8 Å². The summed E-state index contributed by atoms with van der Waals surface area (Å²) in [6, 6.07) is 45.3. The number of ketones is 1. The molecule has 7 aromatic carbocycles. The second kappa shape index (κ2) is 42.4. The number of esters is 5. The molecule has 0 aliphatic heterocycles. The molecule has 15 rings (SSSR count). The zero-order valence-corrected chi connectivity index (χ0v) is 73.5. The number of carboxylic acid groups (broad SMARTS) is 1. The molecule has 0 fully saturated rings. The Morgan fingerprint density at radius 2 is 0.709 bits per heavy atom. The van der Waals surface area contributed by atoms with E-state index in [9.17, 15) is 33.6 Å². The van der Waals surface area contributed by atoms with E-state index < -0.39 is 36.0 Å². The Morgan fingerprint density at radius 3 is 1.07 bits per heavy atom. The molecule has 0 bridgehead atoms. The first-order valence-corrected chi connectivity index (χ1v) is 42.9. The average Bonchev–Trinajstić information content (AvgIpc) is 1.62. The number of Topliss-reactive ketones (excluding diaryl/α,β-unsaturated/α-hetero) is 1. The largest absolute Gasteiger partial charge is 0.478 e. The molecule has 660 valence electrons. The third-order valence-electron chi connectivity index (χ3n) is 22.2. The maximum absolute atomic E-state index is 12.6. The van der Waals surface area contributed by atoms with Gasteiger partial charge in [-0.2, -0.15) is 0 Å². The van der Waals surface area contributed by atoms with Crippen molar-refractivity contribution in [2.24, 2.45) is 5.73 Å². The number of imidazole rings is 4. The maximum Gasteiger partial charge on any atom is 0.338 e. The number of hydrogen-bond donors (Lipinski definition) is 6. The number of benzene rings is 7. The van der Waals surface area contributed by atoms with E-state index >= 15 is 0 Å². The number of aromatic carboxylic acids is 1. The summed E-state index contributed by atoms with van der Waals surface area (Å²) in [5, 5.41) is 12.6. The lowest BCUT2D eigenvalue weighted by molar-refractivity contribution is -0.117. The van der Waals surface area contributed by atoms with Gasteiger partial charge in [0.2, 0.25) is 0 Å².